The van der Waals surface area contributed by atoms with Crippen molar-refractivity contribution in [3.05, 3.63) is 63.7 Å². The number of benzene rings is 2. The van der Waals surface area contributed by atoms with Gasteiger partial charge in [0.25, 0.3) is 0 Å². The van der Waals surface area contributed by atoms with Crippen LogP contribution in [0.1, 0.15) is 18.7 Å². The molecular weight excluding hydrogens is 475 g/mol. The van der Waals surface area contributed by atoms with Crippen molar-refractivity contribution in [2.45, 2.75) is 19.4 Å². The Morgan fingerprint density at radius 1 is 1.30 bits per heavy atom. The van der Waals surface area contributed by atoms with Gasteiger partial charge < -0.3 is 9.84 Å². The monoisotopic (exact) mass is 492 g/mol. The number of aromatic nitrogens is 2. The van der Waals surface area contributed by atoms with Crippen LogP contribution in [0.2, 0.25) is 5.02 Å². The number of anilines is 1. The summed E-state index contributed by atoms with van der Waals surface area (Å²) < 4.78 is 20.0. The normalized spacial score (nSPS) is 17.1. The largest absolute Gasteiger partial charge is 0.338 e. The molecule has 0 spiro atoms. The first kappa shape index (κ1) is 21.0. The minimum Gasteiger partial charge on any atom is -0.338 e. The Hall–Kier alpha value is -2.29. The number of rotatable bonds is 5. The molecule has 9 heteroatoms. The van der Waals surface area contributed by atoms with Crippen LogP contribution in [-0.2, 0) is 11.3 Å². The third-order valence-electron chi connectivity index (χ3n) is 4.99. The molecule has 1 amide bonds. The van der Waals surface area contributed by atoms with E-state index in [4.69, 9.17) is 16.1 Å². The molecule has 0 aliphatic carbocycles. The van der Waals surface area contributed by atoms with Gasteiger partial charge in [0.2, 0.25) is 17.6 Å². The molecule has 1 aromatic heterocycles. The van der Waals surface area contributed by atoms with Crippen LogP contribution in [0.25, 0.3) is 11.4 Å². The van der Waals surface area contributed by atoms with Gasteiger partial charge in [-0.25, -0.2) is 4.39 Å². The minimum atomic E-state index is -0.467. The number of halogens is 3. The van der Waals surface area contributed by atoms with E-state index in [9.17, 15) is 9.18 Å². The molecule has 2 aromatic carbocycles. The summed E-state index contributed by atoms with van der Waals surface area (Å²) in [5.74, 6) is 0.0957. The van der Waals surface area contributed by atoms with Crippen LogP contribution < -0.4 is 5.32 Å². The standard InChI is InChI=1S/C21H19BrClFN4O2/c22-15-5-8-18(17(24)10-15)25-21(29)14-2-1-9-28(11-14)12-19-26-20(27-30-19)13-3-6-16(23)7-4-13/h3-8,10,14H,1-2,9,11-12H2,(H,25,29). The van der Waals surface area contributed by atoms with Crippen LogP contribution in [0, 0.1) is 11.7 Å². The lowest BCUT2D eigenvalue weighted by Gasteiger charge is -2.30. The van der Waals surface area contributed by atoms with E-state index < -0.39 is 5.82 Å². The maximum Gasteiger partial charge on any atom is 0.241 e. The highest BCUT2D eigenvalue weighted by molar-refractivity contribution is 9.10. The first-order valence-electron chi connectivity index (χ1n) is 9.55. The Morgan fingerprint density at radius 3 is 2.87 bits per heavy atom. The zero-order valence-corrected chi connectivity index (χ0v) is 18.3. The molecule has 3 aromatic rings. The molecule has 4 rings (SSSR count). The summed E-state index contributed by atoms with van der Waals surface area (Å²) in [4.78, 5) is 19.2. The van der Waals surface area contributed by atoms with Crippen molar-refractivity contribution in [2.24, 2.45) is 5.92 Å². The van der Waals surface area contributed by atoms with Crippen molar-refractivity contribution in [1.82, 2.24) is 15.0 Å². The molecule has 1 unspecified atom stereocenters. The second-order valence-corrected chi connectivity index (χ2v) is 8.56. The zero-order chi connectivity index (χ0) is 21.1. The van der Waals surface area contributed by atoms with Gasteiger partial charge in [-0.2, -0.15) is 4.98 Å². The third kappa shape index (κ3) is 5.06. The first-order valence-corrected chi connectivity index (χ1v) is 10.7. The van der Waals surface area contributed by atoms with Gasteiger partial charge in [-0.3, -0.25) is 9.69 Å². The van der Waals surface area contributed by atoms with Crippen LogP contribution in [0.4, 0.5) is 10.1 Å². The SMILES string of the molecule is O=C(Nc1ccc(Br)cc1F)C1CCCN(Cc2nc(-c3ccc(Cl)cc3)no2)C1. The van der Waals surface area contributed by atoms with E-state index in [-0.39, 0.29) is 17.5 Å². The van der Waals surface area contributed by atoms with Crippen LogP contribution in [0.3, 0.4) is 0 Å². The molecule has 1 fully saturated rings. The van der Waals surface area contributed by atoms with Gasteiger partial charge in [0.15, 0.2) is 0 Å². The van der Waals surface area contributed by atoms with Gasteiger partial charge in [0, 0.05) is 21.6 Å². The van der Waals surface area contributed by atoms with E-state index in [1.54, 1.807) is 24.3 Å². The highest BCUT2D eigenvalue weighted by Gasteiger charge is 2.27. The number of hydrogen-bond donors (Lipinski definition) is 1. The number of piperidine rings is 1. The predicted molar refractivity (Wildman–Crippen MR) is 115 cm³/mol. The molecule has 1 aliphatic rings. The Labute approximate surface area is 186 Å². The van der Waals surface area contributed by atoms with Crippen LogP contribution in [0.5, 0.6) is 0 Å². The van der Waals surface area contributed by atoms with Crippen LogP contribution >= 0.6 is 27.5 Å². The van der Waals surface area contributed by atoms with E-state index in [1.165, 1.54) is 6.07 Å². The summed E-state index contributed by atoms with van der Waals surface area (Å²) in [5, 5.41) is 7.37. The summed E-state index contributed by atoms with van der Waals surface area (Å²) in [6.45, 7) is 1.83. The van der Waals surface area contributed by atoms with Crippen molar-refractivity contribution in [3.8, 4) is 11.4 Å². The number of hydrogen-bond acceptors (Lipinski definition) is 5. The molecule has 6 nitrogen and oxygen atoms in total. The number of likely N-dealkylation sites (tertiary alicyclic amines) is 1. The highest BCUT2D eigenvalue weighted by atomic mass is 79.9. The summed E-state index contributed by atoms with van der Waals surface area (Å²) >= 11 is 9.13. The van der Waals surface area contributed by atoms with Crippen molar-refractivity contribution in [3.63, 3.8) is 0 Å². The number of nitrogens with one attached hydrogen (secondary N) is 1. The molecule has 156 valence electrons. The molecule has 1 atom stereocenters. The van der Waals surface area contributed by atoms with Crippen molar-refractivity contribution >= 4 is 39.1 Å². The van der Waals surface area contributed by atoms with E-state index in [0.29, 0.717) is 34.3 Å². The van der Waals surface area contributed by atoms with E-state index >= 15 is 0 Å². The topological polar surface area (TPSA) is 71.3 Å². The Morgan fingerprint density at radius 2 is 2.10 bits per heavy atom. The Bertz CT molecular complexity index is 1040. The van der Waals surface area contributed by atoms with Gasteiger partial charge in [-0.1, -0.05) is 32.7 Å². The van der Waals surface area contributed by atoms with Gasteiger partial charge in [0.05, 0.1) is 18.2 Å². The molecule has 2 heterocycles. The van der Waals surface area contributed by atoms with E-state index in [1.807, 2.05) is 12.1 Å². The molecule has 1 N–H and O–H groups in total. The molecule has 30 heavy (non-hydrogen) atoms. The average molecular weight is 494 g/mol. The Kier molecular flexibility index (Phi) is 6.46. The van der Waals surface area contributed by atoms with Crippen LogP contribution in [-0.4, -0.2) is 34.0 Å². The van der Waals surface area contributed by atoms with Gasteiger partial charge in [0.1, 0.15) is 5.82 Å². The van der Waals surface area contributed by atoms with Crippen molar-refractivity contribution in [1.29, 1.82) is 0 Å². The van der Waals surface area contributed by atoms with Gasteiger partial charge in [-0.15, -0.1) is 0 Å². The summed E-state index contributed by atoms with van der Waals surface area (Å²) in [6, 6.07) is 11.8. The lowest BCUT2D eigenvalue weighted by Crippen LogP contribution is -2.40. The third-order valence-corrected chi connectivity index (χ3v) is 5.74. The summed E-state index contributed by atoms with van der Waals surface area (Å²) in [5.41, 5.74) is 1.01. The van der Waals surface area contributed by atoms with Gasteiger partial charge >= 0.3 is 0 Å². The predicted octanol–water partition coefficient (Wildman–Crippen LogP) is 5.14. The quantitative estimate of drug-likeness (QED) is 0.533. The van der Waals surface area contributed by atoms with E-state index in [0.717, 1.165) is 24.9 Å². The van der Waals surface area contributed by atoms with Crippen LogP contribution in [0.15, 0.2) is 51.5 Å². The maximum atomic E-state index is 14.0. The fourth-order valence-corrected chi connectivity index (χ4v) is 3.92. The summed E-state index contributed by atoms with van der Waals surface area (Å²) in [6.07, 6.45) is 1.61. The zero-order valence-electron chi connectivity index (χ0n) is 15.9. The fourth-order valence-electron chi connectivity index (χ4n) is 3.47. The average Bonchev–Trinajstić information content (AvgIpc) is 3.19. The van der Waals surface area contributed by atoms with Crippen molar-refractivity contribution < 1.29 is 13.7 Å². The lowest BCUT2D eigenvalue weighted by molar-refractivity contribution is -0.121. The molecule has 1 aliphatic heterocycles. The number of nitrogens with zero attached hydrogens (tertiary/aromatic N) is 3. The van der Waals surface area contributed by atoms with Crippen molar-refractivity contribution in [2.75, 3.05) is 18.4 Å². The number of amides is 1. The number of carbonyl (C=O) groups excluding carboxylic acids is 1. The molecule has 0 saturated carbocycles. The second kappa shape index (κ2) is 9.24. The number of carbonyl (C=O) groups is 1. The smallest absolute Gasteiger partial charge is 0.241 e. The molecule has 0 radical (unpaired) electrons. The van der Waals surface area contributed by atoms with Gasteiger partial charge in [-0.05, 0) is 61.9 Å². The second-order valence-electron chi connectivity index (χ2n) is 7.21. The minimum absolute atomic E-state index is 0.185. The Balaban J connectivity index is 1.37. The maximum absolute atomic E-state index is 14.0. The lowest BCUT2D eigenvalue weighted by atomic mass is 9.97. The van der Waals surface area contributed by atoms with E-state index in [2.05, 4.69) is 36.3 Å². The molecule has 1 saturated heterocycles. The highest BCUT2D eigenvalue weighted by Crippen LogP contribution is 2.24. The molecular formula is C21H19BrClFN4O2. The summed E-state index contributed by atoms with van der Waals surface area (Å²) in [7, 11) is 0. The first-order chi connectivity index (χ1) is 14.5. The molecule has 0 bridgehead atoms. The fraction of sp³-hybridized carbons (Fsp3) is 0.286.